The van der Waals surface area contributed by atoms with Crippen LogP contribution in [0.5, 0.6) is 0 Å². The highest BCUT2D eigenvalue weighted by Gasteiger charge is 2.13. The van der Waals surface area contributed by atoms with Crippen LogP contribution in [0.2, 0.25) is 0 Å². The molecule has 2 aromatic rings. The quantitative estimate of drug-likeness (QED) is 0.662. The number of nitrogens with one attached hydrogen (secondary N) is 1. The second kappa shape index (κ2) is 4.97. The molecule has 0 saturated heterocycles. The molecule has 0 aliphatic rings. The van der Waals surface area contributed by atoms with Crippen LogP contribution in [0.25, 0.3) is 11.5 Å². The van der Waals surface area contributed by atoms with E-state index in [1.54, 1.807) is 25.3 Å². The van der Waals surface area contributed by atoms with Gasteiger partial charge in [-0.15, -0.1) is 0 Å². The van der Waals surface area contributed by atoms with E-state index in [2.05, 4.69) is 10.3 Å². The van der Waals surface area contributed by atoms with Gasteiger partial charge in [0.1, 0.15) is 6.26 Å². The second-order valence-electron chi connectivity index (χ2n) is 3.93. The van der Waals surface area contributed by atoms with Crippen molar-refractivity contribution in [3.05, 3.63) is 45.8 Å². The Bertz CT molecular complexity index is 578. The summed E-state index contributed by atoms with van der Waals surface area (Å²) in [4.78, 5) is 14.6. The first-order valence-corrected chi connectivity index (χ1v) is 5.46. The average molecular weight is 247 g/mol. The molecular weight excluding hydrogens is 234 g/mol. The molecule has 0 aliphatic heterocycles. The highest BCUT2D eigenvalue weighted by molar-refractivity contribution is 5.59. The predicted octanol–water partition coefficient (Wildman–Crippen LogP) is 2.28. The summed E-state index contributed by atoms with van der Waals surface area (Å²) in [6.07, 6.45) is 1.57. The number of hydrogen-bond acceptors (Lipinski definition) is 5. The summed E-state index contributed by atoms with van der Waals surface area (Å²) in [6, 6.07) is 4.81. The van der Waals surface area contributed by atoms with E-state index in [-0.39, 0.29) is 5.69 Å². The van der Waals surface area contributed by atoms with Crippen LogP contribution in [-0.2, 0) is 6.54 Å². The number of nitrogens with zero attached hydrogens (tertiary/aromatic N) is 2. The van der Waals surface area contributed by atoms with Gasteiger partial charge in [0.2, 0.25) is 5.89 Å². The van der Waals surface area contributed by atoms with Crippen molar-refractivity contribution in [2.24, 2.45) is 0 Å². The van der Waals surface area contributed by atoms with E-state index < -0.39 is 4.92 Å². The van der Waals surface area contributed by atoms with Crippen molar-refractivity contribution in [2.75, 3.05) is 7.05 Å². The fraction of sp³-hybridized carbons (Fsp3) is 0.250. The molecule has 0 fully saturated rings. The molecule has 0 aliphatic carbocycles. The summed E-state index contributed by atoms with van der Waals surface area (Å²) in [5.41, 5.74) is 2.22. The van der Waals surface area contributed by atoms with Crippen LogP contribution in [0.15, 0.2) is 28.9 Å². The van der Waals surface area contributed by atoms with Gasteiger partial charge in [0.15, 0.2) is 0 Å². The maximum Gasteiger partial charge on any atom is 0.272 e. The predicted molar refractivity (Wildman–Crippen MR) is 66.1 cm³/mol. The van der Waals surface area contributed by atoms with Gasteiger partial charge in [-0.2, -0.15) is 0 Å². The fourth-order valence-electron chi connectivity index (χ4n) is 1.70. The number of oxazole rings is 1. The topological polar surface area (TPSA) is 81.2 Å². The molecule has 6 nitrogen and oxygen atoms in total. The van der Waals surface area contributed by atoms with Gasteiger partial charge >= 0.3 is 0 Å². The molecular formula is C12H13N3O3. The third-order valence-electron chi connectivity index (χ3n) is 2.55. The van der Waals surface area contributed by atoms with Crippen molar-refractivity contribution in [2.45, 2.75) is 13.5 Å². The first-order valence-electron chi connectivity index (χ1n) is 5.46. The lowest BCUT2D eigenvalue weighted by Crippen LogP contribution is -2.04. The Hall–Kier alpha value is -2.21. The Morgan fingerprint density at radius 3 is 2.89 bits per heavy atom. The van der Waals surface area contributed by atoms with Gasteiger partial charge in [0.25, 0.3) is 5.69 Å². The number of hydrogen-bond donors (Lipinski definition) is 1. The smallest absolute Gasteiger partial charge is 0.272 e. The minimum absolute atomic E-state index is 0.0979. The maximum atomic E-state index is 10.7. The molecule has 0 saturated carbocycles. The van der Waals surface area contributed by atoms with Crippen molar-refractivity contribution >= 4 is 5.69 Å². The monoisotopic (exact) mass is 247 g/mol. The number of aromatic nitrogens is 1. The summed E-state index contributed by atoms with van der Waals surface area (Å²) in [5.74, 6) is 0.471. The largest absolute Gasteiger partial charge is 0.444 e. The molecule has 0 atom stereocenters. The maximum absolute atomic E-state index is 10.7. The van der Waals surface area contributed by atoms with Crippen LogP contribution < -0.4 is 5.32 Å². The molecule has 1 aromatic heterocycles. The average Bonchev–Trinajstić information content (AvgIpc) is 2.77. The second-order valence-corrected chi connectivity index (χ2v) is 3.93. The molecule has 1 heterocycles. The zero-order chi connectivity index (χ0) is 13.1. The third-order valence-corrected chi connectivity index (χ3v) is 2.55. The zero-order valence-corrected chi connectivity index (χ0v) is 10.1. The molecule has 18 heavy (non-hydrogen) atoms. The number of nitro groups is 1. The molecule has 6 heteroatoms. The number of rotatable bonds is 4. The lowest BCUT2D eigenvalue weighted by atomic mass is 10.1. The lowest BCUT2D eigenvalue weighted by Gasteiger charge is -1.99. The summed E-state index contributed by atoms with van der Waals surface area (Å²) in [6.45, 7) is 2.31. The van der Waals surface area contributed by atoms with Gasteiger partial charge in [-0.1, -0.05) is 0 Å². The van der Waals surface area contributed by atoms with Crippen molar-refractivity contribution < 1.29 is 9.34 Å². The Morgan fingerprint density at radius 2 is 2.28 bits per heavy atom. The fourth-order valence-corrected chi connectivity index (χ4v) is 1.70. The van der Waals surface area contributed by atoms with Gasteiger partial charge in [-0.25, -0.2) is 4.98 Å². The van der Waals surface area contributed by atoms with Crippen LogP contribution in [0.4, 0.5) is 5.69 Å². The summed E-state index contributed by atoms with van der Waals surface area (Å²) in [5, 5.41) is 13.7. The Labute approximate surface area is 104 Å². The molecule has 0 spiro atoms. The van der Waals surface area contributed by atoms with Crippen LogP contribution in [0.3, 0.4) is 0 Å². The SMILES string of the molecule is CNCc1coc(-c2ccc([N+](=O)[O-])c(C)c2)n1. The molecule has 1 N–H and O–H groups in total. The van der Waals surface area contributed by atoms with Crippen molar-refractivity contribution in [1.29, 1.82) is 0 Å². The van der Waals surface area contributed by atoms with E-state index in [0.29, 0.717) is 18.0 Å². The lowest BCUT2D eigenvalue weighted by molar-refractivity contribution is -0.385. The normalized spacial score (nSPS) is 10.6. The van der Waals surface area contributed by atoms with E-state index in [1.165, 1.54) is 6.07 Å². The number of nitro benzene ring substituents is 1. The molecule has 0 amide bonds. The van der Waals surface area contributed by atoms with Crippen molar-refractivity contribution in [3.8, 4) is 11.5 Å². The van der Waals surface area contributed by atoms with E-state index >= 15 is 0 Å². The highest BCUT2D eigenvalue weighted by atomic mass is 16.6. The van der Waals surface area contributed by atoms with Crippen LogP contribution in [-0.4, -0.2) is 17.0 Å². The van der Waals surface area contributed by atoms with Crippen LogP contribution in [0, 0.1) is 17.0 Å². The minimum Gasteiger partial charge on any atom is -0.444 e. The van der Waals surface area contributed by atoms with Gasteiger partial charge < -0.3 is 9.73 Å². The van der Waals surface area contributed by atoms with Crippen LogP contribution in [0.1, 0.15) is 11.3 Å². The molecule has 0 bridgehead atoms. The third kappa shape index (κ3) is 2.38. The highest BCUT2D eigenvalue weighted by Crippen LogP contribution is 2.25. The first kappa shape index (κ1) is 12.3. The molecule has 2 rings (SSSR count). The van der Waals surface area contributed by atoms with Gasteiger partial charge in [-0.3, -0.25) is 10.1 Å². The Kier molecular flexibility index (Phi) is 3.38. The van der Waals surface area contributed by atoms with E-state index in [1.807, 2.05) is 7.05 Å². The number of benzene rings is 1. The Morgan fingerprint density at radius 1 is 1.50 bits per heavy atom. The Balaban J connectivity index is 2.33. The van der Waals surface area contributed by atoms with E-state index in [0.717, 1.165) is 11.3 Å². The molecule has 0 radical (unpaired) electrons. The van der Waals surface area contributed by atoms with Crippen LogP contribution >= 0.6 is 0 Å². The zero-order valence-electron chi connectivity index (χ0n) is 10.1. The summed E-state index contributed by atoms with van der Waals surface area (Å²) >= 11 is 0. The standard InChI is InChI=1S/C12H13N3O3/c1-8-5-9(3-4-11(8)15(16)17)12-14-10(6-13-2)7-18-12/h3-5,7,13H,6H2,1-2H3. The summed E-state index contributed by atoms with van der Waals surface area (Å²) < 4.78 is 5.34. The summed E-state index contributed by atoms with van der Waals surface area (Å²) in [7, 11) is 1.82. The van der Waals surface area contributed by atoms with Crippen molar-refractivity contribution in [1.82, 2.24) is 10.3 Å². The van der Waals surface area contributed by atoms with Gasteiger partial charge in [0, 0.05) is 23.7 Å². The molecule has 94 valence electrons. The minimum atomic E-state index is -0.402. The first-order chi connectivity index (χ1) is 8.61. The van der Waals surface area contributed by atoms with Gasteiger partial charge in [-0.05, 0) is 26.1 Å². The number of aryl methyl sites for hydroxylation is 1. The molecule has 0 unspecified atom stereocenters. The van der Waals surface area contributed by atoms with Crippen molar-refractivity contribution in [3.63, 3.8) is 0 Å². The van der Waals surface area contributed by atoms with Gasteiger partial charge in [0.05, 0.1) is 10.6 Å². The molecule has 1 aromatic carbocycles. The van der Waals surface area contributed by atoms with E-state index in [9.17, 15) is 10.1 Å². The van der Waals surface area contributed by atoms with E-state index in [4.69, 9.17) is 4.42 Å².